The average Bonchev–Trinajstić information content (AvgIpc) is 3.10. The fourth-order valence-corrected chi connectivity index (χ4v) is 6.09. The average molecular weight is 520 g/mol. The molecule has 2 aliphatic rings. The van der Waals surface area contributed by atoms with E-state index in [1.807, 2.05) is 60.7 Å². The third-order valence-electron chi connectivity index (χ3n) is 7.75. The van der Waals surface area contributed by atoms with Crippen LogP contribution in [0, 0.1) is 0 Å². The highest BCUT2D eigenvalue weighted by atomic mass is 19.4. The zero-order valence-corrected chi connectivity index (χ0v) is 20.0. The number of benzene rings is 3. The first-order chi connectivity index (χ1) is 17.6. The molecule has 37 heavy (non-hydrogen) atoms. The summed E-state index contributed by atoms with van der Waals surface area (Å²) in [6.07, 6.45) is -6.92. The molecule has 8 heteroatoms. The topological polar surface area (TPSA) is 12.5 Å². The Morgan fingerprint density at radius 1 is 0.784 bits per heavy atom. The van der Waals surface area contributed by atoms with E-state index in [9.17, 15) is 26.3 Å². The molecule has 0 N–H and O–H groups in total. The Hall–Kier alpha value is -2.84. The van der Waals surface area contributed by atoms with Gasteiger partial charge < -0.3 is 4.74 Å². The Kier molecular flexibility index (Phi) is 6.83. The van der Waals surface area contributed by atoms with E-state index < -0.39 is 47.3 Å². The molecule has 0 amide bonds. The predicted molar refractivity (Wildman–Crippen MR) is 127 cm³/mol. The van der Waals surface area contributed by atoms with Crippen LogP contribution < -0.4 is 0 Å². The Morgan fingerprint density at radius 3 is 2.11 bits per heavy atom. The van der Waals surface area contributed by atoms with Gasteiger partial charge in [0.2, 0.25) is 0 Å². The number of nitrogens with zero attached hydrogens (tertiary/aromatic N) is 1. The van der Waals surface area contributed by atoms with Gasteiger partial charge in [-0.2, -0.15) is 26.3 Å². The van der Waals surface area contributed by atoms with Gasteiger partial charge in [-0.3, -0.25) is 4.90 Å². The molecule has 2 bridgehead atoms. The van der Waals surface area contributed by atoms with Crippen molar-refractivity contribution in [3.05, 3.63) is 107 Å². The van der Waals surface area contributed by atoms with Gasteiger partial charge in [0.15, 0.2) is 0 Å². The van der Waals surface area contributed by atoms with Crippen LogP contribution in [-0.2, 0) is 35.8 Å². The van der Waals surface area contributed by atoms with Crippen molar-refractivity contribution in [2.75, 3.05) is 0 Å². The minimum atomic E-state index is -4.79. The lowest BCUT2D eigenvalue weighted by molar-refractivity contribution is -0.144. The van der Waals surface area contributed by atoms with Crippen LogP contribution in [0.4, 0.5) is 26.3 Å². The molecule has 0 spiro atoms. The number of piperidine rings is 1. The van der Waals surface area contributed by atoms with E-state index >= 15 is 0 Å². The van der Waals surface area contributed by atoms with E-state index in [2.05, 4.69) is 4.90 Å². The summed E-state index contributed by atoms with van der Waals surface area (Å²) in [5.74, 6) is 0. The van der Waals surface area contributed by atoms with Crippen molar-refractivity contribution in [1.82, 2.24) is 4.90 Å². The van der Waals surface area contributed by atoms with Gasteiger partial charge in [-0.25, -0.2) is 0 Å². The maximum Gasteiger partial charge on any atom is 0.416 e. The zero-order valence-electron chi connectivity index (χ0n) is 20.0. The highest BCUT2D eigenvalue weighted by molar-refractivity contribution is 5.36. The van der Waals surface area contributed by atoms with E-state index in [4.69, 9.17) is 4.74 Å². The lowest BCUT2D eigenvalue weighted by Crippen LogP contribution is -2.56. The second kappa shape index (κ2) is 9.80. The van der Waals surface area contributed by atoms with Gasteiger partial charge in [-0.1, -0.05) is 60.7 Å². The molecule has 2 fully saturated rings. The molecule has 0 radical (unpaired) electrons. The molecule has 3 aromatic rings. The van der Waals surface area contributed by atoms with Crippen molar-refractivity contribution in [3.8, 4) is 0 Å². The van der Waals surface area contributed by atoms with Gasteiger partial charge in [0.25, 0.3) is 0 Å². The summed E-state index contributed by atoms with van der Waals surface area (Å²) >= 11 is 0. The fraction of sp³-hybridized carbons (Fsp3) is 0.379. The molecular formula is C29H27F6NO. The smallest absolute Gasteiger partial charge is 0.371 e. The Balaban J connectivity index is 1.50. The second-order valence-electron chi connectivity index (χ2n) is 9.84. The summed E-state index contributed by atoms with van der Waals surface area (Å²) in [4.78, 5) is 2.39. The monoisotopic (exact) mass is 519 g/mol. The molecule has 196 valence electrons. The summed E-state index contributed by atoms with van der Waals surface area (Å²) in [6.45, 7) is 0.0967. The number of ether oxygens (including phenoxy) is 1. The normalized spacial score (nSPS) is 24.4. The van der Waals surface area contributed by atoms with E-state index in [0.717, 1.165) is 30.4 Å². The molecule has 0 aromatic heterocycles. The Morgan fingerprint density at radius 2 is 1.46 bits per heavy atom. The third-order valence-corrected chi connectivity index (χ3v) is 7.75. The minimum absolute atomic E-state index is 0.291. The summed E-state index contributed by atoms with van der Waals surface area (Å²) in [5, 5.41) is 0. The maximum atomic E-state index is 13.7. The van der Waals surface area contributed by atoms with E-state index in [0.29, 0.717) is 37.2 Å². The van der Waals surface area contributed by atoms with Gasteiger partial charge in [0, 0.05) is 12.6 Å². The first-order valence-electron chi connectivity index (χ1n) is 12.3. The van der Waals surface area contributed by atoms with Gasteiger partial charge >= 0.3 is 12.4 Å². The van der Waals surface area contributed by atoms with Crippen molar-refractivity contribution in [3.63, 3.8) is 0 Å². The Labute approximate surface area is 211 Å². The quantitative estimate of drug-likeness (QED) is 0.306. The molecule has 0 aliphatic carbocycles. The van der Waals surface area contributed by atoms with Gasteiger partial charge in [-0.05, 0) is 60.6 Å². The lowest BCUT2D eigenvalue weighted by atomic mass is 9.78. The molecule has 0 saturated carbocycles. The van der Waals surface area contributed by atoms with Crippen molar-refractivity contribution in [2.24, 2.45) is 0 Å². The van der Waals surface area contributed by atoms with Crippen LogP contribution in [0.3, 0.4) is 0 Å². The standard InChI is InChI=1S/C29H27F6NO/c30-28(31,32)23-11-13-25(29(33,34)35)21(17-23)19-37-26-14-12-24-15-16-27(26,22-9-5-2-6-10-22)36(24)18-20-7-3-1-4-8-20/h1-11,13,17,24,26H,12,14-16,18-19H2. The highest BCUT2D eigenvalue weighted by Crippen LogP contribution is 2.52. The molecule has 3 atom stereocenters. The molecular weight excluding hydrogens is 492 g/mol. The van der Waals surface area contributed by atoms with E-state index in [1.165, 1.54) is 0 Å². The number of alkyl halides is 6. The number of hydrogen-bond donors (Lipinski definition) is 0. The second-order valence-corrected chi connectivity index (χ2v) is 9.84. The van der Waals surface area contributed by atoms with E-state index in [-0.39, 0.29) is 0 Å². The molecule has 3 aromatic carbocycles. The molecule has 5 rings (SSSR count). The molecule has 2 aliphatic heterocycles. The summed E-state index contributed by atoms with van der Waals surface area (Å²) < 4.78 is 87.3. The summed E-state index contributed by atoms with van der Waals surface area (Å²) in [7, 11) is 0. The number of hydrogen-bond acceptors (Lipinski definition) is 2. The Bertz CT molecular complexity index is 1210. The maximum absolute atomic E-state index is 13.7. The number of halogens is 6. The van der Waals surface area contributed by atoms with Gasteiger partial charge in [0.1, 0.15) is 0 Å². The molecule has 2 heterocycles. The molecule has 2 saturated heterocycles. The van der Waals surface area contributed by atoms with Crippen molar-refractivity contribution in [1.29, 1.82) is 0 Å². The van der Waals surface area contributed by atoms with Crippen molar-refractivity contribution < 1.29 is 31.1 Å². The van der Waals surface area contributed by atoms with Crippen molar-refractivity contribution >= 4 is 0 Å². The van der Waals surface area contributed by atoms with Crippen LogP contribution in [0.15, 0.2) is 78.9 Å². The van der Waals surface area contributed by atoms with Gasteiger partial charge in [0.05, 0.1) is 29.4 Å². The van der Waals surface area contributed by atoms with Crippen LogP contribution >= 0.6 is 0 Å². The van der Waals surface area contributed by atoms with Crippen LogP contribution in [-0.4, -0.2) is 17.0 Å². The van der Waals surface area contributed by atoms with Gasteiger partial charge in [-0.15, -0.1) is 0 Å². The third kappa shape index (κ3) is 5.01. The molecule has 2 nitrogen and oxygen atoms in total. The fourth-order valence-electron chi connectivity index (χ4n) is 6.09. The van der Waals surface area contributed by atoms with E-state index in [1.54, 1.807) is 0 Å². The van der Waals surface area contributed by atoms with Crippen LogP contribution in [0.2, 0.25) is 0 Å². The van der Waals surface area contributed by atoms with Crippen molar-refractivity contribution in [2.45, 2.75) is 68.9 Å². The summed E-state index contributed by atoms with van der Waals surface area (Å²) in [6, 6.07) is 21.6. The first-order valence-corrected chi connectivity index (χ1v) is 12.3. The first kappa shape index (κ1) is 25.8. The highest BCUT2D eigenvalue weighted by Gasteiger charge is 2.55. The predicted octanol–water partition coefficient (Wildman–Crippen LogP) is 7.96. The largest absolute Gasteiger partial charge is 0.416 e. The SMILES string of the molecule is FC(F)(F)c1ccc(C(F)(F)F)c(COC2CCC3CCC2(c2ccccc2)N3Cc2ccccc2)c1. The molecule has 3 unspecified atom stereocenters. The van der Waals surface area contributed by atoms with Crippen LogP contribution in [0.25, 0.3) is 0 Å². The van der Waals surface area contributed by atoms with Crippen LogP contribution in [0.5, 0.6) is 0 Å². The number of fused-ring (bicyclic) bond motifs is 2. The number of rotatable bonds is 6. The lowest BCUT2D eigenvalue weighted by Gasteiger charge is -2.50. The zero-order chi connectivity index (χ0) is 26.3. The minimum Gasteiger partial charge on any atom is -0.371 e. The summed E-state index contributed by atoms with van der Waals surface area (Å²) in [5.41, 5.74) is -1.17. The van der Waals surface area contributed by atoms with Crippen LogP contribution in [0.1, 0.15) is 53.5 Å².